The fourth-order valence-corrected chi connectivity index (χ4v) is 3.61. The van der Waals surface area contributed by atoms with Gasteiger partial charge in [-0.25, -0.2) is 8.42 Å². The molecule has 9 heteroatoms. The van der Waals surface area contributed by atoms with Gasteiger partial charge in [0.15, 0.2) is 0 Å². The van der Waals surface area contributed by atoms with Crippen LogP contribution in [0.25, 0.3) is 0 Å². The van der Waals surface area contributed by atoms with Crippen molar-refractivity contribution in [2.75, 3.05) is 22.4 Å². The average molecular weight is 452 g/mol. The van der Waals surface area contributed by atoms with Crippen molar-refractivity contribution in [2.45, 2.75) is 0 Å². The maximum absolute atomic E-state index is 12.2. The first-order chi connectivity index (χ1) is 11.1. The quantitative estimate of drug-likeness (QED) is 0.741. The number of hydrogen-bond acceptors (Lipinski definition) is 3. The summed E-state index contributed by atoms with van der Waals surface area (Å²) in [7, 11) is -3.63. The van der Waals surface area contributed by atoms with Crippen LogP contribution in [0.15, 0.2) is 46.9 Å². The van der Waals surface area contributed by atoms with E-state index >= 15 is 0 Å². The van der Waals surface area contributed by atoms with Crippen LogP contribution in [-0.2, 0) is 14.8 Å². The summed E-state index contributed by atoms with van der Waals surface area (Å²) in [6, 6.07) is 11.2. The van der Waals surface area contributed by atoms with Crippen LogP contribution < -0.4 is 9.62 Å². The van der Waals surface area contributed by atoms with Gasteiger partial charge in [0.1, 0.15) is 6.54 Å². The Morgan fingerprint density at radius 3 is 2.17 bits per heavy atom. The van der Waals surface area contributed by atoms with Gasteiger partial charge in [0.05, 0.1) is 11.9 Å². The van der Waals surface area contributed by atoms with Gasteiger partial charge in [-0.15, -0.1) is 0 Å². The lowest BCUT2D eigenvalue weighted by atomic mass is 10.3. The zero-order valence-electron chi connectivity index (χ0n) is 12.5. The summed E-state index contributed by atoms with van der Waals surface area (Å²) in [4.78, 5) is 12.2. The number of halogens is 3. The molecule has 0 aliphatic carbocycles. The molecule has 0 saturated carbocycles. The SMILES string of the molecule is CS(=O)(=O)N(CC(=O)Nc1cc(Cl)cc(Cl)c1)c1ccc(Br)cc1. The number of hydrogen-bond donors (Lipinski definition) is 1. The van der Waals surface area contributed by atoms with Crippen molar-refractivity contribution < 1.29 is 13.2 Å². The monoisotopic (exact) mass is 450 g/mol. The summed E-state index contributed by atoms with van der Waals surface area (Å²) in [6.07, 6.45) is 1.04. The summed E-state index contributed by atoms with van der Waals surface area (Å²) >= 11 is 15.0. The van der Waals surface area contributed by atoms with E-state index in [1.54, 1.807) is 24.3 Å². The summed E-state index contributed by atoms with van der Waals surface area (Å²) in [5.41, 5.74) is 0.779. The topological polar surface area (TPSA) is 66.5 Å². The van der Waals surface area contributed by atoms with E-state index in [1.165, 1.54) is 18.2 Å². The Labute approximate surface area is 158 Å². The van der Waals surface area contributed by atoms with Crippen LogP contribution in [0.2, 0.25) is 10.0 Å². The number of benzene rings is 2. The third-order valence-corrected chi connectivity index (χ3v) is 5.05. The Kier molecular flexibility index (Phi) is 6.14. The van der Waals surface area contributed by atoms with E-state index in [4.69, 9.17) is 23.2 Å². The first kappa shape index (κ1) is 19.1. The van der Waals surface area contributed by atoms with Crippen molar-refractivity contribution in [1.82, 2.24) is 0 Å². The number of nitrogens with one attached hydrogen (secondary N) is 1. The van der Waals surface area contributed by atoms with Gasteiger partial charge >= 0.3 is 0 Å². The van der Waals surface area contributed by atoms with E-state index < -0.39 is 15.9 Å². The second-order valence-corrected chi connectivity index (χ2v) is 8.65. The lowest BCUT2D eigenvalue weighted by Gasteiger charge is -2.22. The lowest BCUT2D eigenvalue weighted by Crippen LogP contribution is -2.37. The Morgan fingerprint density at radius 2 is 1.67 bits per heavy atom. The van der Waals surface area contributed by atoms with Gasteiger partial charge < -0.3 is 5.32 Å². The summed E-state index contributed by atoms with van der Waals surface area (Å²) in [5.74, 6) is -0.512. The van der Waals surface area contributed by atoms with Crippen LogP contribution in [0, 0.1) is 0 Å². The first-order valence-corrected chi connectivity index (χ1v) is 10.0. The molecule has 0 aliphatic rings. The molecule has 0 aliphatic heterocycles. The van der Waals surface area contributed by atoms with E-state index in [9.17, 15) is 13.2 Å². The third kappa shape index (κ3) is 5.37. The fraction of sp³-hybridized carbons (Fsp3) is 0.133. The van der Waals surface area contributed by atoms with E-state index in [2.05, 4.69) is 21.2 Å². The molecule has 0 fully saturated rings. The fourth-order valence-electron chi connectivity index (χ4n) is 1.96. The third-order valence-electron chi connectivity index (χ3n) is 2.95. The van der Waals surface area contributed by atoms with Gasteiger partial charge in [0, 0.05) is 20.2 Å². The van der Waals surface area contributed by atoms with Crippen LogP contribution in [0.5, 0.6) is 0 Å². The maximum Gasteiger partial charge on any atom is 0.245 e. The average Bonchev–Trinajstić information content (AvgIpc) is 2.43. The first-order valence-electron chi connectivity index (χ1n) is 6.64. The highest BCUT2D eigenvalue weighted by Crippen LogP contribution is 2.23. The molecule has 0 spiro atoms. The van der Waals surface area contributed by atoms with Crippen LogP contribution in [0.4, 0.5) is 11.4 Å². The second-order valence-electron chi connectivity index (χ2n) is 4.95. The second kappa shape index (κ2) is 7.74. The Hall–Kier alpha value is -1.28. The predicted octanol–water partition coefficient (Wildman–Crippen LogP) is 4.16. The van der Waals surface area contributed by atoms with Gasteiger partial charge in [-0.2, -0.15) is 0 Å². The van der Waals surface area contributed by atoms with E-state index in [0.29, 0.717) is 21.4 Å². The highest BCUT2D eigenvalue weighted by Gasteiger charge is 2.21. The number of carbonyl (C=O) groups is 1. The van der Waals surface area contributed by atoms with Gasteiger partial charge in [-0.05, 0) is 42.5 Å². The summed E-state index contributed by atoms with van der Waals surface area (Å²) in [5, 5.41) is 3.32. The van der Waals surface area contributed by atoms with Gasteiger partial charge in [-0.1, -0.05) is 39.1 Å². The zero-order chi connectivity index (χ0) is 17.9. The van der Waals surface area contributed by atoms with Crippen molar-refractivity contribution in [3.63, 3.8) is 0 Å². The van der Waals surface area contributed by atoms with E-state index in [-0.39, 0.29) is 6.54 Å². The maximum atomic E-state index is 12.2. The molecule has 0 saturated heterocycles. The Morgan fingerprint density at radius 1 is 1.12 bits per heavy atom. The summed E-state index contributed by atoms with van der Waals surface area (Å²) < 4.78 is 25.8. The van der Waals surface area contributed by atoms with Crippen molar-refractivity contribution in [3.05, 3.63) is 57.0 Å². The molecule has 2 aromatic rings. The molecule has 0 bridgehead atoms. The Balaban J connectivity index is 2.20. The standard InChI is InChI=1S/C15H13BrCl2N2O3S/c1-24(22,23)20(14-4-2-10(16)3-5-14)9-15(21)19-13-7-11(17)6-12(18)8-13/h2-8H,9H2,1H3,(H,19,21). The molecule has 24 heavy (non-hydrogen) atoms. The lowest BCUT2D eigenvalue weighted by molar-refractivity contribution is -0.114. The molecule has 0 radical (unpaired) electrons. The van der Waals surface area contributed by atoms with E-state index in [0.717, 1.165) is 15.0 Å². The molecular formula is C15H13BrCl2N2O3S. The molecule has 0 aromatic heterocycles. The molecular weight excluding hydrogens is 439 g/mol. The molecule has 0 heterocycles. The highest BCUT2D eigenvalue weighted by atomic mass is 79.9. The van der Waals surface area contributed by atoms with Crippen LogP contribution in [-0.4, -0.2) is 27.1 Å². The summed E-state index contributed by atoms with van der Waals surface area (Å²) in [6.45, 7) is -0.370. The van der Waals surface area contributed by atoms with Crippen molar-refractivity contribution in [1.29, 1.82) is 0 Å². The number of amides is 1. The minimum Gasteiger partial charge on any atom is -0.324 e. The minimum absolute atomic E-state index is 0.366. The van der Waals surface area contributed by atoms with Gasteiger partial charge in [0.25, 0.3) is 0 Å². The number of anilines is 2. The van der Waals surface area contributed by atoms with Gasteiger partial charge in [0.2, 0.25) is 15.9 Å². The number of nitrogens with zero attached hydrogens (tertiary/aromatic N) is 1. The molecule has 0 atom stereocenters. The molecule has 1 amide bonds. The largest absolute Gasteiger partial charge is 0.324 e. The minimum atomic E-state index is -3.63. The number of carbonyl (C=O) groups excluding carboxylic acids is 1. The van der Waals surface area contributed by atoms with Crippen LogP contribution in [0.3, 0.4) is 0 Å². The number of sulfonamides is 1. The zero-order valence-corrected chi connectivity index (χ0v) is 16.4. The molecule has 5 nitrogen and oxygen atoms in total. The molecule has 2 rings (SSSR count). The molecule has 128 valence electrons. The van der Waals surface area contributed by atoms with Crippen molar-refractivity contribution in [3.8, 4) is 0 Å². The van der Waals surface area contributed by atoms with Crippen molar-refractivity contribution in [2.24, 2.45) is 0 Å². The normalized spacial score (nSPS) is 11.2. The smallest absolute Gasteiger partial charge is 0.245 e. The van der Waals surface area contributed by atoms with E-state index in [1.807, 2.05) is 0 Å². The van der Waals surface area contributed by atoms with Crippen LogP contribution in [0.1, 0.15) is 0 Å². The predicted molar refractivity (Wildman–Crippen MR) is 101 cm³/mol. The molecule has 1 N–H and O–H groups in total. The van der Waals surface area contributed by atoms with Crippen molar-refractivity contribution >= 4 is 66.4 Å². The number of rotatable bonds is 5. The highest BCUT2D eigenvalue weighted by molar-refractivity contribution is 9.10. The molecule has 2 aromatic carbocycles. The van der Waals surface area contributed by atoms with Crippen LogP contribution >= 0.6 is 39.1 Å². The van der Waals surface area contributed by atoms with Gasteiger partial charge in [-0.3, -0.25) is 9.10 Å². The molecule has 0 unspecified atom stereocenters. The Bertz CT molecular complexity index is 837.